The van der Waals surface area contributed by atoms with Crippen LogP contribution in [0.5, 0.6) is 0 Å². The van der Waals surface area contributed by atoms with Crippen LogP contribution in [-0.4, -0.2) is 49.9 Å². The Hall–Kier alpha value is -0.820. The molecule has 1 unspecified atom stereocenters. The van der Waals surface area contributed by atoms with Crippen LogP contribution in [0.2, 0.25) is 0 Å². The van der Waals surface area contributed by atoms with Crippen molar-refractivity contribution >= 4 is 15.8 Å². The highest BCUT2D eigenvalue weighted by molar-refractivity contribution is 7.91. The summed E-state index contributed by atoms with van der Waals surface area (Å²) in [7, 11) is -1.06. The van der Waals surface area contributed by atoms with Crippen LogP contribution in [0.15, 0.2) is 4.99 Å². The lowest BCUT2D eigenvalue weighted by atomic mass is 10.2. The monoisotopic (exact) mass is 248 g/mol. The van der Waals surface area contributed by atoms with Crippen LogP contribution in [0.25, 0.3) is 0 Å². The van der Waals surface area contributed by atoms with E-state index in [2.05, 4.69) is 10.4 Å². The van der Waals surface area contributed by atoms with E-state index in [1.54, 1.807) is 0 Å². The Morgan fingerprint density at radius 1 is 1.56 bits per heavy atom. The molecule has 1 rings (SSSR count). The van der Waals surface area contributed by atoms with Crippen molar-refractivity contribution in [3.63, 3.8) is 0 Å². The minimum Gasteiger partial charge on any atom is -0.341 e. The number of rotatable bonds is 2. The van der Waals surface area contributed by atoms with Gasteiger partial charge in [0.05, 0.1) is 11.5 Å². The Bertz CT molecular complexity index is 364. The highest BCUT2D eigenvalue weighted by Gasteiger charge is 2.31. The van der Waals surface area contributed by atoms with Gasteiger partial charge in [0.2, 0.25) is 5.96 Å². The van der Waals surface area contributed by atoms with Crippen LogP contribution < -0.4 is 11.3 Å². The molecule has 0 aromatic heterocycles. The van der Waals surface area contributed by atoms with Crippen molar-refractivity contribution in [2.75, 3.05) is 18.6 Å². The molecule has 16 heavy (non-hydrogen) atoms. The number of hydrogen-bond donors (Lipinski definition) is 2. The SMILES string of the molecule is CC(C)N=C(NN)N(C)C1CCS(=O)(=O)C1. The van der Waals surface area contributed by atoms with Crippen LogP contribution >= 0.6 is 0 Å². The van der Waals surface area contributed by atoms with Gasteiger partial charge in [-0.25, -0.2) is 19.3 Å². The van der Waals surface area contributed by atoms with Crippen molar-refractivity contribution in [2.24, 2.45) is 10.8 Å². The van der Waals surface area contributed by atoms with Crippen LogP contribution in [0.4, 0.5) is 0 Å². The molecule has 1 aliphatic heterocycles. The van der Waals surface area contributed by atoms with Crippen LogP contribution in [0.3, 0.4) is 0 Å². The Labute approximate surface area is 96.8 Å². The first-order chi connectivity index (χ1) is 7.35. The fourth-order valence-corrected chi connectivity index (χ4v) is 3.50. The molecule has 0 spiro atoms. The lowest BCUT2D eigenvalue weighted by Crippen LogP contribution is -2.48. The molecule has 94 valence electrons. The molecule has 3 N–H and O–H groups in total. The Morgan fingerprint density at radius 2 is 2.19 bits per heavy atom. The zero-order chi connectivity index (χ0) is 12.3. The normalized spacial score (nSPS) is 24.8. The molecule has 1 fully saturated rings. The molecule has 1 heterocycles. The third kappa shape index (κ3) is 3.34. The maximum Gasteiger partial charge on any atom is 0.208 e. The summed E-state index contributed by atoms with van der Waals surface area (Å²) in [6.07, 6.45) is 0.637. The molecule has 0 bridgehead atoms. The van der Waals surface area contributed by atoms with Gasteiger partial charge in [-0.15, -0.1) is 0 Å². The van der Waals surface area contributed by atoms with Gasteiger partial charge in [-0.05, 0) is 20.3 Å². The van der Waals surface area contributed by atoms with Crippen molar-refractivity contribution in [1.82, 2.24) is 10.3 Å². The molecule has 7 heteroatoms. The van der Waals surface area contributed by atoms with Gasteiger partial charge in [0.15, 0.2) is 9.84 Å². The summed E-state index contributed by atoms with van der Waals surface area (Å²) in [5.41, 5.74) is 2.52. The lowest BCUT2D eigenvalue weighted by Gasteiger charge is -2.26. The minimum atomic E-state index is -2.88. The highest BCUT2D eigenvalue weighted by atomic mass is 32.2. The summed E-state index contributed by atoms with van der Waals surface area (Å²) in [5, 5.41) is 0. The zero-order valence-electron chi connectivity index (χ0n) is 9.97. The van der Waals surface area contributed by atoms with E-state index in [0.717, 1.165) is 0 Å². The van der Waals surface area contributed by atoms with E-state index in [-0.39, 0.29) is 23.6 Å². The highest BCUT2D eigenvalue weighted by Crippen LogP contribution is 2.16. The first-order valence-electron chi connectivity index (χ1n) is 5.33. The molecule has 0 aromatic carbocycles. The first-order valence-corrected chi connectivity index (χ1v) is 7.15. The lowest BCUT2D eigenvalue weighted by molar-refractivity contribution is 0.381. The van der Waals surface area contributed by atoms with Crippen molar-refractivity contribution in [3.8, 4) is 0 Å². The Kier molecular flexibility index (Phi) is 4.15. The van der Waals surface area contributed by atoms with Crippen molar-refractivity contribution in [1.29, 1.82) is 0 Å². The summed E-state index contributed by atoms with van der Waals surface area (Å²) >= 11 is 0. The van der Waals surface area contributed by atoms with E-state index in [9.17, 15) is 8.42 Å². The molecule has 0 amide bonds. The van der Waals surface area contributed by atoms with Gasteiger partial charge in [-0.1, -0.05) is 0 Å². The summed E-state index contributed by atoms with van der Waals surface area (Å²) in [5.74, 6) is 6.36. The van der Waals surface area contributed by atoms with Gasteiger partial charge >= 0.3 is 0 Å². The second kappa shape index (κ2) is 5.01. The van der Waals surface area contributed by atoms with E-state index >= 15 is 0 Å². The third-order valence-corrected chi connectivity index (χ3v) is 4.35. The van der Waals surface area contributed by atoms with Crippen LogP contribution in [0.1, 0.15) is 20.3 Å². The molecular formula is C9H20N4O2S. The standard InChI is InChI=1S/C9H20N4O2S/c1-7(2)11-9(12-10)13(3)8-4-5-16(14,15)6-8/h7-8H,4-6,10H2,1-3H3,(H,11,12). The molecular weight excluding hydrogens is 228 g/mol. The molecule has 0 saturated carbocycles. The maximum absolute atomic E-state index is 11.4. The van der Waals surface area contributed by atoms with Gasteiger partial charge in [0.1, 0.15) is 0 Å². The third-order valence-electron chi connectivity index (χ3n) is 2.60. The fraction of sp³-hybridized carbons (Fsp3) is 0.889. The zero-order valence-corrected chi connectivity index (χ0v) is 10.8. The largest absolute Gasteiger partial charge is 0.341 e. The van der Waals surface area contributed by atoms with Gasteiger partial charge < -0.3 is 4.90 Å². The van der Waals surface area contributed by atoms with Gasteiger partial charge in [0, 0.05) is 19.1 Å². The van der Waals surface area contributed by atoms with Crippen molar-refractivity contribution in [2.45, 2.75) is 32.4 Å². The number of hydrogen-bond acceptors (Lipinski definition) is 4. The van der Waals surface area contributed by atoms with Gasteiger partial charge in [-0.3, -0.25) is 5.43 Å². The fourth-order valence-electron chi connectivity index (χ4n) is 1.73. The number of sulfone groups is 1. The first kappa shape index (κ1) is 13.2. The van der Waals surface area contributed by atoms with E-state index in [1.165, 1.54) is 0 Å². The number of guanidine groups is 1. The summed E-state index contributed by atoms with van der Waals surface area (Å²) in [4.78, 5) is 6.11. The van der Waals surface area contributed by atoms with Crippen LogP contribution in [-0.2, 0) is 9.84 Å². The summed E-state index contributed by atoms with van der Waals surface area (Å²) < 4.78 is 22.7. The molecule has 0 radical (unpaired) electrons. The van der Waals surface area contributed by atoms with Crippen LogP contribution in [0, 0.1) is 0 Å². The van der Waals surface area contributed by atoms with E-state index in [0.29, 0.717) is 12.4 Å². The summed E-state index contributed by atoms with van der Waals surface area (Å²) in [6.45, 7) is 3.88. The summed E-state index contributed by atoms with van der Waals surface area (Å²) in [6, 6.07) is 0.0880. The predicted molar refractivity (Wildman–Crippen MR) is 64.7 cm³/mol. The van der Waals surface area contributed by atoms with E-state index in [1.807, 2.05) is 25.8 Å². The van der Waals surface area contributed by atoms with Gasteiger partial charge in [0.25, 0.3) is 0 Å². The number of nitrogens with zero attached hydrogens (tertiary/aromatic N) is 2. The number of hydrazine groups is 1. The van der Waals surface area contributed by atoms with Crippen molar-refractivity contribution < 1.29 is 8.42 Å². The molecule has 1 atom stereocenters. The quantitative estimate of drug-likeness (QED) is 0.293. The molecule has 6 nitrogen and oxygen atoms in total. The molecule has 0 aliphatic carbocycles. The second-order valence-corrected chi connectivity index (χ2v) is 6.59. The Balaban J connectivity index is 2.74. The van der Waals surface area contributed by atoms with E-state index < -0.39 is 9.84 Å². The predicted octanol–water partition coefficient (Wildman–Crippen LogP) is -0.667. The smallest absolute Gasteiger partial charge is 0.208 e. The van der Waals surface area contributed by atoms with Crippen molar-refractivity contribution in [3.05, 3.63) is 0 Å². The Morgan fingerprint density at radius 3 is 2.56 bits per heavy atom. The molecule has 1 aliphatic rings. The number of nitrogens with one attached hydrogen (secondary N) is 1. The minimum absolute atomic E-state index is 0.0291. The topological polar surface area (TPSA) is 87.8 Å². The average molecular weight is 248 g/mol. The van der Waals surface area contributed by atoms with Gasteiger partial charge in [-0.2, -0.15) is 0 Å². The van der Waals surface area contributed by atoms with E-state index in [4.69, 9.17) is 5.84 Å². The molecule has 1 saturated heterocycles. The average Bonchev–Trinajstić information content (AvgIpc) is 2.54. The second-order valence-electron chi connectivity index (χ2n) is 4.36. The number of nitrogens with two attached hydrogens (primary N) is 1. The number of aliphatic imine (C=N–C) groups is 1. The maximum atomic E-state index is 11.4. The molecule has 0 aromatic rings.